The molecule has 0 heterocycles. The van der Waals surface area contributed by atoms with Gasteiger partial charge in [0.15, 0.2) is 7.28 Å². The van der Waals surface area contributed by atoms with E-state index >= 15 is 0 Å². The molecule has 0 aliphatic carbocycles. The SMILES string of the molecule is CBc1c(C(C)C)cccc1C(C)C. The van der Waals surface area contributed by atoms with Crippen LogP contribution < -0.4 is 5.46 Å². The number of hydrogen-bond donors (Lipinski definition) is 0. The molecule has 0 N–H and O–H groups in total. The highest BCUT2D eigenvalue weighted by atomic mass is 14.1. The molecule has 0 aliphatic rings. The summed E-state index contributed by atoms with van der Waals surface area (Å²) in [6, 6.07) is 6.74. The van der Waals surface area contributed by atoms with E-state index in [1.807, 2.05) is 0 Å². The molecule has 1 heteroatoms. The zero-order chi connectivity index (χ0) is 10.7. The molecule has 0 saturated heterocycles. The van der Waals surface area contributed by atoms with Crippen molar-refractivity contribution in [1.82, 2.24) is 0 Å². The average Bonchev–Trinajstić information content (AvgIpc) is 2.16. The Morgan fingerprint density at radius 1 is 0.929 bits per heavy atom. The quantitative estimate of drug-likeness (QED) is 0.639. The van der Waals surface area contributed by atoms with Crippen LogP contribution in [0.2, 0.25) is 6.82 Å². The second-order valence-corrected chi connectivity index (χ2v) is 4.58. The Hall–Kier alpha value is -0.715. The Kier molecular flexibility index (Phi) is 3.80. The maximum atomic E-state index is 2.28. The fourth-order valence-corrected chi connectivity index (χ4v) is 2.11. The first kappa shape index (κ1) is 11.4. The van der Waals surface area contributed by atoms with Gasteiger partial charge in [-0.1, -0.05) is 69.3 Å². The van der Waals surface area contributed by atoms with Gasteiger partial charge in [0.05, 0.1) is 0 Å². The van der Waals surface area contributed by atoms with Crippen molar-refractivity contribution >= 4 is 12.7 Å². The van der Waals surface area contributed by atoms with Gasteiger partial charge < -0.3 is 0 Å². The van der Waals surface area contributed by atoms with Gasteiger partial charge in [-0.05, 0) is 11.8 Å². The van der Waals surface area contributed by atoms with Crippen molar-refractivity contribution in [2.45, 2.75) is 46.4 Å². The van der Waals surface area contributed by atoms with Crippen LogP contribution >= 0.6 is 0 Å². The van der Waals surface area contributed by atoms with Crippen LogP contribution in [0.25, 0.3) is 0 Å². The van der Waals surface area contributed by atoms with E-state index in [1.54, 1.807) is 5.46 Å². The fourth-order valence-electron chi connectivity index (χ4n) is 2.11. The largest absolute Gasteiger partial charge is 0.155 e. The zero-order valence-corrected chi connectivity index (χ0v) is 10.1. The minimum atomic E-state index is 0.642. The van der Waals surface area contributed by atoms with Gasteiger partial charge in [-0.25, -0.2) is 0 Å². The molecule has 0 spiro atoms. The third-order valence-electron chi connectivity index (χ3n) is 2.85. The van der Waals surface area contributed by atoms with Crippen molar-refractivity contribution < 1.29 is 0 Å². The van der Waals surface area contributed by atoms with Gasteiger partial charge in [0, 0.05) is 0 Å². The molecule has 0 bridgehead atoms. The maximum absolute atomic E-state index is 2.28. The molecular formula is C13H21B. The minimum absolute atomic E-state index is 0.642. The summed E-state index contributed by atoms with van der Waals surface area (Å²) in [5, 5.41) is 0. The maximum Gasteiger partial charge on any atom is 0.155 e. The standard InChI is InChI=1S/C13H21B/c1-9(2)11-7-6-8-12(10(3)4)13(11)14-5/h6-10,14H,1-5H3. The van der Waals surface area contributed by atoms with E-state index in [2.05, 4.69) is 52.7 Å². The molecule has 1 rings (SSSR count). The third kappa shape index (κ3) is 2.20. The summed E-state index contributed by atoms with van der Waals surface area (Å²) < 4.78 is 0. The Morgan fingerprint density at radius 2 is 1.36 bits per heavy atom. The van der Waals surface area contributed by atoms with Gasteiger partial charge in [0.1, 0.15) is 0 Å². The predicted octanol–water partition coefficient (Wildman–Crippen LogP) is 3.04. The number of hydrogen-bond acceptors (Lipinski definition) is 0. The molecule has 14 heavy (non-hydrogen) atoms. The first-order valence-electron chi connectivity index (χ1n) is 5.69. The summed E-state index contributed by atoms with van der Waals surface area (Å²) in [4.78, 5) is 0. The van der Waals surface area contributed by atoms with E-state index in [1.165, 1.54) is 11.1 Å². The Labute approximate surface area is 89.0 Å². The van der Waals surface area contributed by atoms with E-state index in [-0.39, 0.29) is 0 Å². The second-order valence-electron chi connectivity index (χ2n) is 4.58. The molecule has 1 aromatic rings. The van der Waals surface area contributed by atoms with Crippen LogP contribution in [0.4, 0.5) is 0 Å². The Morgan fingerprint density at radius 3 is 1.64 bits per heavy atom. The van der Waals surface area contributed by atoms with Gasteiger partial charge in [0.25, 0.3) is 0 Å². The van der Waals surface area contributed by atoms with Crippen LogP contribution in [0.1, 0.15) is 50.7 Å². The van der Waals surface area contributed by atoms with Gasteiger partial charge in [0.2, 0.25) is 0 Å². The van der Waals surface area contributed by atoms with E-state index in [0.717, 1.165) is 7.28 Å². The van der Waals surface area contributed by atoms with Gasteiger partial charge >= 0.3 is 0 Å². The zero-order valence-electron chi connectivity index (χ0n) is 10.1. The fraction of sp³-hybridized carbons (Fsp3) is 0.538. The van der Waals surface area contributed by atoms with Gasteiger partial charge in [-0.15, -0.1) is 0 Å². The second kappa shape index (κ2) is 4.68. The molecule has 0 atom stereocenters. The van der Waals surface area contributed by atoms with Gasteiger partial charge in [-0.3, -0.25) is 0 Å². The molecule has 0 unspecified atom stereocenters. The van der Waals surface area contributed by atoms with Crippen LogP contribution in [-0.2, 0) is 0 Å². The van der Waals surface area contributed by atoms with E-state index in [0.29, 0.717) is 11.8 Å². The summed E-state index contributed by atoms with van der Waals surface area (Å²) in [5.74, 6) is 1.28. The highest BCUT2D eigenvalue weighted by Crippen LogP contribution is 2.18. The molecule has 0 amide bonds. The molecule has 0 radical (unpaired) electrons. The van der Waals surface area contributed by atoms with E-state index in [4.69, 9.17) is 0 Å². The summed E-state index contributed by atoms with van der Waals surface area (Å²) in [6.07, 6.45) is 0. The van der Waals surface area contributed by atoms with Crippen LogP contribution in [0.15, 0.2) is 18.2 Å². The topological polar surface area (TPSA) is 0 Å². The lowest BCUT2D eigenvalue weighted by Gasteiger charge is -2.18. The molecule has 0 nitrogen and oxygen atoms in total. The van der Waals surface area contributed by atoms with E-state index in [9.17, 15) is 0 Å². The summed E-state index contributed by atoms with van der Waals surface area (Å²) in [6.45, 7) is 11.4. The average molecular weight is 188 g/mol. The predicted molar refractivity (Wildman–Crippen MR) is 67.3 cm³/mol. The minimum Gasteiger partial charge on any atom is -0.0849 e. The van der Waals surface area contributed by atoms with E-state index < -0.39 is 0 Å². The summed E-state index contributed by atoms with van der Waals surface area (Å²) >= 11 is 0. The number of rotatable bonds is 3. The highest BCUT2D eigenvalue weighted by Gasteiger charge is 2.11. The van der Waals surface area contributed by atoms with Crippen molar-refractivity contribution in [3.8, 4) is 0 Å². The Balaban J connectivity index is 3.25. The van der Waals surface area contributed by atoms with Crippen LogP contribution in [0.5, 0.6) is 0 Å². The molecular weight excluding hydrogens is 167 g/mol. The van der Waals surface area contributed by atoms with Gasteiger partial charge in [-0.2, -0.15) is 0 Å². The monoisotopic (exact) mass is 188 g/mol. The van der Waals surface area contributed by atoms with Crippen molar-refractivity contribution in [1.29, 1.82) is 0 Å². The molecule has 1 aromatic carbocycles. The normalized spacial score (nSPS) is 11.1. The smallest absolute Gasteiger partial charge is 0.0849 e. The third-order valence-corrected chi connectivity index (χ3v) is 2.85. The molecule has 76 valence electrons. The van der Waals surface area contributed by atoms with Crippen molar-refractivity contribution in [3.63, 3.8) is 0 Å². The van der Waals surface area contributed by atoms with Crippen molar-refractivity contribution in [3.05, 3.63) is 29.3 Å². The van der Waals surface area contributed by atoms with Crippen LogP contribution in [0, 0.1) is 0 Å². The lowest BCUT2D eigenvalue weighted by Crippen LogP contribution is -2.23. The van der Waals surface area contributed by atoms with Crippen molar-refractivity contribution in [2.24, 2.45) is 0 Å². The molecule has 0 saturated carbocycles. The highest BCUT2D eigenvalue weighted by molar-refractivity contribution is 6.53. The summed E-state index contributed by atoms with van der Waals surface area (Å²) in [7, 11) is 1.15. The molecule has 0 fully saturated rings. The van der Waals surface area contributed by atoms with Crippen molar-refractivity contribution in [2.75, 3.05) is 0 Å². The molecule has 0 aromatic heterocycles. The van der Waals surface area contributed by atoms with Crippen LogP contribution in [0.3, 0.4) is 0 Å². The lowest BCUT2D eigenvalue weighted by atomic mass is 9.65. The molecule has 0 aliphatic heterocycles. The Bertz CT molecular complexity index is 274. The van der Waals surface area contributed by atoms with Crippen LogP contribution in [-0.4, -0.2) is 7.28 Å². The number of benzene rings is 1. The first-order chi connectivity index (χ1) is 6.57. The first-order valence-corrected chi connectivity index (χ1v) is 5.69. The lowest BCUT2D eigenvalue weighted by molar-refractivity contribution is 0.845. The summed E-state index contributed by atoms with van der Waals surface area (Å²) in [5.41, 5.74) is 4.62.